The Morgan fingerprint density at radius 2 is 2.11 bits per heavy atom. The smallest absolute Gasteiger partial charge is 0.278 e. The molecule has 0 aliphatic carbocycles. The van der Waals surface area contributed by atoms with Crippen LogP contribution >= 0.6 is 0 Å². The van der Waals surface area contributed by atoms with E-state index in [4.69, 9.17) is 9.47 Å². The number of amides is 1. The van der Waals surface area contributed by atoms with E-state index in [-0.39, 0.29) is 12.5 Å². The van der Waals surface area contributed by atoms with Gasteiger partial charge in [0.25, 0.3) is 5.91 Å². The Hall–Kier alpha value is -3.49. The van der Waals surface area contributed by atoms with Crippen molar-refractivity contribution in [1.82, 2.24) is 24.7 Å². The van der Waals surface area contributed by atoms with Crippen LogP contribution in [0.1, 0.15) is 21.7 Å². The lowest BCUT2D eigenvalue weighted by molar-refractivity contribution is 0.0960. The predicted octanol–water partition coefficient (Wildman–Crippen LogP) is 1.62. The van der Waals surface area contributed by atoms with Gasteiger partial charge in [0, 0.05) is 30.6 Å². The highest BCUT2D eigenvalue weighted by Crippen LogP contribution is 2.22. The van der Waals surface area contributed by atoms with E-state index in [9.17, 15) is 4.79 Å². The van der Waals surface area contributed by atoms with Crippen LogP contribution in [0.25, 0.3) is 0 Å². The quantitative estimate of drug-likeness (QED) is 0.677. The summed E-state index contributed by atoms with van der Waals surface area (Å²) in [7, 11) is 1.54. The SMILES string of the molecule is COc1nc(N2CCn3nc(COc4ccccn4)cc3C2=O)ncc1C. The number of carbonyl (C=O) groups excluding carboxylic acids is 1. The van der Waals surface area contributed by atoms with Crippen molar-refractivity contribution in [3.63, 3.8) is 0 Å². The van der Waals surface area contributed by atoms with E-state index in [1.54, 1.807) is 36.3 Å². The molecule has 1 amide bonds. The van der Waals surface area contributed by atoms with Crippen LogP contribution in [-0.4, -0.2) is 44.3 Å². The van der Waals surface area contributed by atoms with Gasteiger partial charge in [-0.2, -0.15) is 10.1 Å². The van der Waals surface area contributed by atoms with Crippen molar-refractivity contribution in [2.75, 3.05) is 18.6 Å². The summed E-state index contributed by atoms with van der Waals surface area (Å²) in [5, 5.41) is 4.44. The van der Waals surface area contributed by atoms with Crippen LogP contribution in [0.4, 0.5) is 5.95 Å². The fourth-order valence-electron chi connectivity index (χ4n) is 2.84. The molecule has 27 heavy (non-hydrogen) atoms. The molecule has 0 bridgehead atoms. The summed E-state index contributed by atoms with van der Waals surface area (Å²) in [5.41, 5.74) is 1.95. The summed E-state index contributed by atoms with van der Waals surface area (Å²) in [6, 6.07) is 7.16. The van der Waals surface area contributed by atoms with E-state index in [1.165, 1.54) is 4.90 Å². The van der Waals surface area contributed by atoms with Gasteiger partial charge in [-0.25, -0.2) is 9.97 Å². The molecule has 0 aromatic carbocycles. The average molecular weight is 366 g/mol. The third-order valence-electron chi connectivity index (χ3n) is 4.18. The molecular weight excluding hydrogens is 348 g/mol. The molecule has 9 nitrogen and oxygen atoms in total. The van der Waals surface area contributed by atoms with Gasteiger partial charge in [0.2, 0.25) is 17.7 Å². The molecule has 1 aliphatic rings. The maximum Gasteiger partial charge on any atom is 0.278 e. The molecule has 138 valence electrons. The summed E-state index contributed by atoms with van der Waals surface area (Å²) in [4.78, 5) is 27.1. The molecule has 4 rings (SSSR count). The van der Waals surface area contributed by atoms with Gasteiger partial charge in [-0.1, -0.05) is 6.07 Å². The monoisotopic (exact) mass is 366 g/mol. The van der Waals surface area contributed by atoms with E-state index >= 15 is 0 Å². The van der Waals surface area contributed by atoms with Crippen molar-refractivity contribution in [2.24, 2.45) is 0 Å². The van der Waals surface area contributed by atoms with Gasteiger partial charge in [0.05, 0.1) is 13.7 Å². The molecule has 3 aromatic rings. The topological polar surface area (TPSA) is 95.3 Å². The van der Waals surface area contributed by atoms with Crippen LogP contribution in [0.15, 0.2) is 36.7 Å². The Kier molecular flexibility index (Phi) is 4.41. The Morgan fingerprint density at radius 1 is 1.22 bits per heavy atom. The molecule has 0 N–H and O–H groups in total. The van der Waals surface area contributed by atoms with E-state index < -0.39 is 0 Å². The number of hydrogen-bond acceptors (Lipinski definition) is 7. The predicted molar refractivity (Wildman–Crippen MR) is 95.8 cm³/mol. The number of fused-ring (bicyclic) bond motifs is 1. The van der Waals surface area contributed by atoms with Crippen LogP contribution in [0.5, 0.6) is 11.8 Å². The number of carbonyl (C=O) groups is 1. The number of hydrogen-bond donors (Lipinski definition) is 0. The number of ether oxygens (including phenoxy) is 2. The fraction of sp³-hybridized carbons (Fsp3) is 0.278. The van der Waals surface area contributed by atoms with Gasteiger partial charge < -0.3 is 9.47 Å². The summed E-state index contributed by atoms with van der Waals surface area (Å²) >= 11 is 0. The largest absolute Gasteiger partial charge is 0.481 e. The van der Waals surface area contributed by atoms with Gasteiger partial charge in [0.15, 0.2) is 0 Å². The molecule has 0 fully saturated rings. The normalized spacial score (nSPS) is 13.4. The molecule has 0 spiro atoms. The molecule has 0 radical (unpaired) electrons. The maximum absolute atomic E-state index is 12.9. The lowest BCUT2D eigenvalue weighted by Crippen LogP contribution is -2.41. The van der Waals surface area contributed by atoms with E-state index in [2.05, 4.69) is 20.1 Å². The number of pyridine rings is 1. The van der Waals surface area contributed by atoms with Gasteiger partial charge >= 0.3 is 0 Å². The summed E-state index contributed by atoms with van der Waals surface area (Å²) in [5.74, 6) is 1.08. The Balaban J connectivity index is 1.53. The second-order valence-corrected chi connectivity index (χ2v) is 6.02. The molecule has 0 saturated heterocycles. The van der Waals surface area contributed by atoms with Gasteiger partial charge in [-0.15, -0.1) is 0 Å². The highest BCUT2D eigenvalue weighted by molar-refractivity contribution is 6.04. The molecule has 0 unspecified atom stereocenters. The van der Waals surface area contributed by atoms with Crippen molar-refractivity contribution in [3.05, 3.63) is 53.6 Å². The zero-order valence-electron chi connectivity index (χ0n) is 15.0. The second-order valence-electron chi connectivity index (χ2n) is 6.02. The zero-order valence-corrected chi connectivity index (χ0v) is 15.0. The van der Waals surface area contributed by atoms with Crippen molar-refractivity contribution in [1.29, 1.82) is 0 Å². The van der Waals surface area contributed by atoms with E-state index in [0.29, 0.717) is 42.2 Å². The summed E-state index contributed by atoms with van der Waals surface area (Å²) in [6.07, 6.45) is 3.30. The molecule has 0 atom stereocenters. The molecule has 3 aromatic heterocycles. The number of nitrogens with zero attached hydrogens (tertiary/aromatic N) is 6. The van der Waals surface area contributed by atoms with E-state index in [1.807, 2.05) is 19.1 Å². The number of aromatic nitrogens is 5. The van der Waals surface area contributed by atoms with Crippen LogP contribution in [0.3, 0.4) is 0 Å². The molecule has 1 aliphatic heterocycles. The third kappa shape index (κ3) is 3.31. The van der Waals surface area contributed by atoms with Crippen LogP contribution < -0.4 is 14.4 Å². The maximum atomic E-state index is 12.9. The Labute approximate surface area is 155 Å². The highest BCUT2D eigenvalue weighted by atomic mass is 16.5. The summed E-state index contributed by atoms with van der Waals surface area (Å²) < 4.78 is 12.5. The minimum atomic E-state index is -0.205. The summed E-state index contributed by atoms with van der Waals surface area (Å²) in [6.45, 7) is 3.06. The Bertz CT molecular complexity index is 972. The third-order valence-corrected chi connectivity index (χ3v) is 4.18. The van der Waals surface area contributed by atoms with Crippen molar-refractivity contribution in [2.45, 2.75) is 20.1 Å². The first-order valence-electron chi connectivity index (χ1n) is 8.46. The van der Waals surface area contributed by atoms with Gasteiger partial charge in [-0.05, 0) is 19.1 Å². The van der Waals surface area contributed by atoms with E-state index in [0.717, 1.165) is 5.56 Å². The standard InChI is InChI=1S/C18H18N6O3/c1-12-10-20-18(21-16(12)26-2)23-7-8-24-14(17(23)25)9-13(22-24)11-27-15-5-3-4-6-19-15/h3-6,9-10H,7-8,11H2,1-2H3. The van der Waals surface area contributed by atoms with Crippen molar-refractivity contribution < 1.29 is 14.3 Å². The fourth-order valence-corrected chi connectivity index (χ4v) is 2.84. The van der Waals surface area contributed by atoms with Crippen LogP contribution in [0, 0.1) is 6.92 Å². The van der Waals surface area contributed by atoms with Crippen LogP contribution in [-0.2, 0) is 13.2 Å². The first-order chi connectivity index (χ1) is 13.2. The Morgan fingerprint density at radius 3 is 2.89 bits per heavy atom. The van der Waals surface area contributed by atoms with Crippen molar-refractivity contribution in [3.8, 4) is 11.8 Å². The number of aryl methyl sites for hydroxylation is 1. The molecule has 9 heteroatoms. The molecule has 4 heterocycles. The molecule has 0 saturated carbocycles. The lowest BCUT2D eigenvalue weighted by Gasteiger charge is -2.25. The number of methoxy groups -OCH3 is 1. The number of anilines is 1. The first kappa shape index (κ1) is 17.0. The minimum Gasteiger partial charge on any atom is -0.481 e. The van der Waals surface area contributed by atoms with Crippen LogP contribution in [0.2, 0.25) is 0 Å². The average Bonchev–Trinajstić information content (AvgIpc) is 3.12. The molecular formula is C18H18N6O3. The minimum absolute atomic E-state index is 0.205. The van der Waals surface area contributed by atoms with Gasteiger partial charge in [0.1, 0.15) is 18.0 Å². The lowest BCUT2D eigenvalue weighted by atomic mass is 10.2. The van der Waals surface area contributed by atoms with Gasteiger partial charge in [-0.3, -0.25) is 14.4 Å². The number of rotatable bonds is 5. The zero-order chi connectivity index (χ0) is 18.8. The van der Waals surface area contributed by atoms with Crippen molar-refractivity contribution >= 4 is 11.9 Å². The first-order valence-corrected chi connectivity index (χ1v) is 8.46. The highest BCUT2D eigenvalue weighted by Gasteiger charge is 2.29. The second kappa shape index (κ2) is 7.02.